The molecule has 1 N–H and O–H groups in total. The lowest BCUT2D eigenvalue weighted by Crippen LogP contribution is -2.32. The monoisotopic (exact) mass is 365 g/mol. The number of ether oxygens (including phenoxy) is 2. The van der Waals surface area contributed by atoms with Crippen molar-refractivity contribution in [1.29, 1.82) is 0 Å². The van der Waals surface area contributed by atoms with E-state index in [1.54, 1.807) is 7.11 Å². The van der Waals surface area contributed by atoms with Crippen LogP contribution in [0.15, 0.2) is 36.7 Å². The van der Waals surface area contributed by atoms with Gasteiger partial charge in [0.2, 0.25) is 0 Å². The third kappa shape index (κ3) is 3.39. The van der Waals surface area contributed by atoms with Gasteiger partial charge in [0, 0.05) is 30.4 Å². The highest BCUT2D eigenvalue weighted by atomic mass is 16.5. The van der Waals surface area contributed by atoms with Crippen molar-refractivity contribution in [3.05, 3.63) is 53.3 Å². The van der Waals surface area contributed by atoms with Crippen LogP contribution in [0.4, 0.5) is 0 Å². The summed E-state index contributed by atoms with van der Waals surface area (Å²) in [5.74, 6) is 1.68. The molecule has 0 amide bonds. The van der Waals surface area contributed by atoms with Crippen LogP contribution in [-0.2, 0) is 12.8 Å². The van der Waals surface area contributed by atoms with E-state index in [1.807, 2.05) is 19.2 Å². The number of benzene rings is 1. The van der Waals surface area contributed by atoms with Crippen molar-refractivity contribution in [2.75, 3.05) is 27.3 Å². The van der Waals surface area contributed by atoms with E-state index >= 15 is 0 Å². The average Bonchev–Trinajstić information content (AvgIpc) is 3.10. The number of aromatic amines is 1. The van der Waals surface area contributed by atoms with Crippen molar-refractivity contribution in [3.63, 3.8) is 0 Å². The van der Waals surface area contributed by atoms with Gasteiger partial charge in [-0.15, -0.1) is 0 Å². The van der Waals surface area contributed by atoms with Crippen LogP contribution in [0.1, 0.15) is 36.1 Å². The summed E-state index contributed by atoms with van der Waals surface area (Å²) in [6.45, 7) is 3.70. The fourth-order valence-electron chi connectivity index (χ4n) is 4.15. The molecule has 0 saturated heterocycles. The molecule has 1 aliphatic rings. The summed E-state index contributed by atoms with van der Waals surface area (Å²) in [7, 11) is 3.93. The van der Waals surface area contributed by atoms with E-state index in [1.165, 1.54) is 22.1 Å². The molecule has 1 aromatic carbocycles. The lowest BCUT2D eigenvalue weighted by molar-refractivity contribution is 0.217. The maximum Gasteiger partial charge on any atom is 0.161 e. The van der Waals surface area contributed by atoms with Crippen molar-refractivity contribution < 1.29 is 9.47 Å². The van der Waals surface area contributed by atoms with E-state index in [9.17, 15) is 0 Å². The highest BCUT2D eigenvalue weighted by molar-refractivity contribution is 5.79. The van der Waals surface area contributed by atoms with Crippen LogP contribution in [0.5, 0.6) is 11.5 Å². The highest BCUT2D eigenvalue weighted by Gasteiger charge is 2.27. The Morgan fingerprint density at radius 1 is 1.30 bits per heavy atom. The number of nitrogens with one attached hydrogen (secondary N) is 1. The molecule has 0 aliphatic carbocycles. The Morgan fingerprint density at radius 2 is 2.19 bits per heavy atom. The smallest absolute Gasteiger partial charge is 0.161 e. The number of rotatable bonds is 6. The highest BCUT2D eigenvalue weighted by Crippen LogP contribution is 2.39. The normalized spacial score (nSPS) is 17.1. The number of fused-ring (bicyclic) bond motifs is 2. The molecule has 4 rings (SSSR count). The maximum absolute atomic E-state index is 5.83. The molecule has 3 heterocycles. The van der Waals surface area contributed by atoms with Gasteiger partial charge in [-0.3, -0.25) is 4.90 Å². The summed E-state index contributed by atoms with van der Waals surface area (Å²) in [4.78, 5) is 10.1. The molecule has 0 saturated carbocycles. The third-order valence-electron chi connectivity index (χ3n) is 5.57. The number of H-pyrrole nitrogens is 1. The van der Waals surface area contributed by atoms with Crippen molar-refractivity contribution >= 4 is 11.0 Å². The first kappa shape index (κ1) is 17.9. The van der Waals surface area contributed by atoms with Gasteiger partial charge in [0.15, 0.2) is 11.5 Å². The fourth-order valence-corrected chi connectivity index (χ4v) is 4.15. The number of hydrogen-bond donors (Lipinski definition) is 1. The number of methoxy groups -OCH3 is 1. The summed E-state index contributed by atoms with van der Waals surface area (Å²) in [6, 6.07) is 8.87. The second-order valence-corrected chi connectivity index (χ2v) is 7.13. The molecule has 1 unspecified atom stereocenters. The molecule has 0 bridgehead atoms. The van der Waals surface area contributed by atoms with Gasteiger partial charge < -0.3 is 14.5 Å². The number of pyridine rings is 1. The first-order chi connectivity index (χ1) is 13.2. The second-order valence-electron chi connectivity index (χ2n) is 7.13. The molecule has 3 aromatic rings. The summed E-state index contributed by atoms with van der Waals surface area (Å²) in [5, 5.41) is 1.22. The Bertz CT molecular complexity index is 934. The van der Waals surface area contributed by atoms with Crippen molar-refractivity contribution in [3.8, 4) is 11.5 Å². The number of aromatic nitrogens is 2. The van der Waals surface area contributed by atoms with Gasteiger partial charge in [-0.25, -0.2) is 4.98 Å². The minimum atomic E-state index is 0.375. The molecule has 2 aromatic heterocycles. The van der Waals surface area contributed by atoms with Gasteiger partial charge >= 0.3 is 0 Å². The van der Waals surface area contributed by atoms with Crippen LogP contribution in [0, 0.1) is 0 Å². The van der Waals surface area contributed by atoms with E-state index in [0.717, 1.165) is 43.0 Å². The third-order valence-corrected chi connectivity index (χ3v) is 5.57. The minimum absolute atomic E-state index is 0.375. The topological polar surface area (TPSA) is 50.4 Å². The molecular formula is C22H27N3O2. The number of likely N-dealkylation sites (N-methyl/N-ethyl adjacent to an activating group) is 1. The molecule has 5 heteroatoms. The standard InChI is InChI=1S/C22H27N3O2/c1-4-27-21-13-18-15(12-20(21)26-3)9-11-25(2)19(18)8-7-16-14-24-22-17(16)6-5-10-23-22/h5-6,10,12-14,19H,4,7-9,11H2,1-3H3,(H,23,24). The van der Waals surface area contributed by atoms with Crippen LogP contribution in [0.25, 0.3) is 11.0 Å². The molecule has 5 nitrogen and oxygen atoms in total. The van der Waals surface area contributed by atoms with E-state index in [4.69, 9.17) is 9.47 Å². The first-order valence-corrected chi connectivity index (χ1v) is 9.66. The largest absolute Gasteiger partial charge is 0.493 e. The summed E-state index contributed by atoms with van der Waals surface area (Å²) >= 11 is 0. The van der Waals surface area contributed by atoms with Crippen LogP contribution in [0.3, 0.4) is 0 Å². The molecule has 142 valence electrons. The van der Waals surface area contributed by atoms with Gasteiger partial charge in [0.25, 0.3) is 0 Å². The van der Waals surface area contributed by atoms with Crippen LogP contribution in [0.2, 0.25) is 0 Å². The summed E-state index contributed by atoms with van der Waals surface area (Å²) in [5.41, 5.74) is 5.04. The quantitative estimate of drug-likeness (QED) is 0.713. The van der Waals surface area contributed by atoms with Crippen molar-refractivity contribution in [1.82, 2.24) is 14.9 Å². The molecule has 1 atom stereocenters. The van der Waals surface area contributed by atoms with Gasteiger partial charge in [0.1, 0.15) is 5.65 Å². The van der Waals surface area contributed by atoms with Crippen molar-refractivity contribution in [2.45, 2.75) is 32.2 Å². The molecule has 27 heavy (non-hydrogen) atoms. The zero-order valence-corrected chi connectivity index (χ0v) is 16.3. The van der Waals surface area contributed by atoms with E-state index in [-0.39, 0.29) is 0 Å². The van der Waals surface area contributed by atoms with Crippen LogP contribution in [-0.4, -0.2) is 42.2 Å². The molecule has 1 aliphatic heterocycles. The van der Waals surface area contributed by atoms with E-state index in [2.05, 4.69) is 46.3 Å². The number of nitrogens with zero attached hydrogens (tertiary/aromatic N) is 2. The Balaban J connectivity index is 1.62. The predicted molar refractivity (Wildman–Crippen MR) is 108 cm³/mol. The van der Waals surface area contributed by atoms with Gasteiger partial charge in [0.05, 0.1) is 13.7 Å². The zero-order valence-electron chi connectivity index (χ0n) is 16.3. The van der Waals surface area contributed by atoms with Crippen molar-refractivity contribution in [2.24, 2.45) is 0 Å². The first-order valence-electron chi connectivity index (χ1n) is 9.66. The molecule has 0 spiro atoms. The SMILES string of the molecule is CCOc1cc2c(cc1OC)CCN(C)C2CCc1c[nH]c2ncccc12. The number of hydrogen-bond acceptors (Lipinski definition) is 4. The van der Waals surface area contributed by atoms with Gasteiger partial charge in [-0.2, -0.15) is 0 Å². The van der Waals surface area contributed by atoms with Gasteiger partial charge in [-0.05, 0) is 74.2 Å². The molecule has 0 fully saturated rings. The zero-order chi connectivity index (χ0) is 18.8. The van der Waals surface area contributed by atoms with Crippen LogP contribution >= 0.6 is 0 Å². The molecule has 0 radical (unpaired) electrons. The summed E-state index contributed by atoms with van der Waals surface area (Å²) < 4.78 is 11.4. The van der Waals surface area contributed by atoms with E-state index < -0.39 is 0 Å². The average molecular weight is 365 g/mol. The Kier molecular flexibility index (Phi) is 5.03. The molecular weight excluding hydrogens is 338 g/mol. The predicted octanol–water partition coefficient (Wildman–Crippen LogP) is 4.13. The Hall–Kier alpha value is -2.53. The fraction of sp³-hybridized carbons (Fsp3) is 0.409. The Morgan fingerprint density at radius 3 is 3.00 bits per heavy atom. The van der Waals surface area contributed by atoms with Gasteiger partial charge in [-0.1, -0.05) is 0 Å². The maximum atomic E-state index is 5.83. The lowest BCUT2D eigenvalue weighted by Gasteiger charge is -2.35. The summed E-state index contributed by atoms with van der Waals surface area (Å²) in [6.07, 6.45) is 7.04. The lowest BCUT2D eigenvalue weighted by atomic mass is 9.89. The van der Waals surface area contributed by atoms with E-state index in [0.29, 0.717) is 12.6 Å². The Labute approximate surface area is 160 Å². The minimum Gasteiger partial charge on any atom is -0.493 e. The van der Waals surface area contributed by atoms with Crippen LogP contribution < -0.4 is 9.47 Å². The second kappa shape index (κ2) is 7.61. The number of aryl methyl sites for hydroxylation is 1.